The van der Waals surface area contributed by atoms with Crippen LogP contribution in [0.1, 0.15) is 39.3 Å². The molecule has 1 saturated heterocycles. The van der Waals surface area contributed by atoms with E-state index < -0.39 is 5.60 Å². The number of thiophene rings is 1. The smallest absolute Gasteiger partial charge is 0.254 e. The summed E-state index contributed by atoms with van der Waals surface area (Å²) in [4.78, 5) is 16.9. The maximum Gasteiger partial charge on any atom is 0.254 e. The van der Waals surface area contributed by atoms with Crippen LogP contribution >= 0.6 is 34.5 Å². The fourth-order valence-electron chi connectivity index (χ4n) is 5.28. The van der Waals surface area contributed by atoms with Gasteiger partial charge in [0.2, 0.25) is 0 Å². The SMILES string of the molecule is O=C(c1ccc(Cl)cc1CCc1cccs1)N1CCC2(CC1)Oc1cc(Cl)ccc1-n1cccc12. The molecular formula is C28H24Cl2N2O2S. The number of aromatic nitrogens is 1. The second kappa shape index (κ2) is 9.05. The number of carbonyl (C=O) groups is 1. The Labute approximate surface area is 218 Å². The van der Waals surface area contributed by atoms with Crippen molar-refractivity contribution in [2.45, 2.75) is 31.3 Å². The van der Waals surface area contributed by atoms with Crippen molar-refractivity contribution in [1.29, 1.82) is 0 Å². The summed E-state index contributed by atoms with van der Waals surface area (Å²) < 4.78 is 8.81. The van der Waals surface area contributed by atoms with Crippen molar-refractivity contribution in [2.24, 2.45) is 0 Å². The first kappa shape index (κ1) is 22.7. The minimum atomic E-state index is -0.472. The van der Waals surface area contributed by atoms with Crippen molar-refractivity contribution in [2.75, 3.05) is 13.1 Å². The van der Waals surface area contributed by atoms with Crippen LogP contribution in [0.5, 0.6) is 5.75 Å². The van der Waals surface area contributed by atoms with E-state index in [0.29, 0.717) is 36.0 Å². The van der Waals surface area contributed by atoms with E-state index in [1.165, 1.54) is 4.88 Å². The third-order valence-electron chi connectivity index (χ3n) is 7.08. The average Bonchev–Trinajstić information content (AvgIpc) is 3.56. The Kier molecular flexibility index (Phi) is 5.87. The molecule has 2 aromatic heterocycles. The van der Waals surface area contributed by atoms with E-state index in [2.05, 4.69) is 40.4 Å². The molecule has 1 fully saturated rings. The Morgan fingerprint density at radius 1 is 0.971 bits per heavy atom. The van der Waals surface area contributed by atoms with E-state index in [4.69, 9.17) is 27.9 Å². The fraction of sp³-hybridized carbons (Fsp3) is 0.250. The minimum Gasteiger partial charge on any atom is -0.479 e. The summed E-state index contributed by atoms with van der Waals surface area (Å²) in [7, 11) is 0. The molecule has 2 aliphatic rings. The van der Waals surface area contributed by atoms with Gasteiger partial charge < -0.3 is 14.2 Å². The molecule has 0 saturated carbocycles. The Bertz CT molecular complexity index is 1390. The zero-order chi connectivity index (χ0) is 24.0. The number of carbonyl (C=O) groups excluding carboxylic acids is 1. The average molecular weight is 523 g/mol. The van der Waals surface area contributed by atoms with Gasteiger partial charge in [0, 0.05) is 58.7 Å². The Balaban J connectivity index is 1.22. The lowest BCUT2D eigenvalue weighted by atomic mass is 9.86. The number of likely N-dealkylation sites (tertiary alicyclic amines) is 1. The molecule has 1 spiro atoms. The van der Waals surface area contributed by atoms with E-state index in [1.807, 2.05) is 41.3 Å². The number of ether oxygens (including phenoxy) is 1. The fourth-order valence-corrected chi connectivity index (χ4v) is 6.35. The molecule has 0 atom stereocenters. The topological polar surface area (TPSA) is 34.5 Å². The lowest BCUT2D eigenvalue weighted by molar-refractivity contribution is -0.00932. The number of amides is 1. The van der Waals surface area contributed by atoms with Crippen molar-refractivity contribution in [3.8, 4) is 11.4 Å². The molecule has 4 aromatic rings. The zero-order valence-electron chi connectivity index (χ0n) is 19.0. The van der Waals surface area contributed by atoms with E-state index in [0.717, 1.165) is 41.1 Å². The molecule has 0 bridgehead atoms. The van der Waals surface area contributed by atoms with Crippen LogP contribution in [0.3, 0.4) is 0 Å². The number of benzene rings is 2. The van der Waals surface area contributed by atoms with Crippen LogP contribution in [0.4, 0.5) is 0 Å². The lowest BCUT2D eigenvalue weighted by Gasteiger charge is -2.45. The largest absolute Gasteiger partial charge is 0.479 e. The van der Waals surface area contributed by atoms with Gasteiger partial charge >= 0.3 is 0 Å². The quantitative estimate of drug-likeness (QED) is 0.285. The van der Waals surface area contributed by atoms with Gasteiger partial charge in [0.1, 0.15) is 5.75 Å². The first-order valence-corrected chi connectivity index (χ1v) is 13.4. The number of aryl methyl sites for hydroxylation is 2. The van der Waals surface area contributed by atoms with E-state index in [1.54, 1.807) is 11.3 Å². The monoisotopic (exact) mass is 522 g/mol. The highest BCUT2D eigenvalue weighted by molar-refractivity contribution is 7.09. The summed E-state index contributed by atoms with van der Waals surface area (Å²) in [6.45, 7) is 1.24. The highest BCUT2D eigenvalue weighted by atomic mass is 35.5. The summed E-state index contributed by atoms with van der Waals surface area (Å²) >= 11 is 14.3. The van der Waals surface area contributed by atoms with Gasteiger partial charge in [-0.15, -0.1) is 11.3 Å². The normalized spacial score (nSPS) is 16.0. The number of rotatable bonds is 4. The number of hydrogen-bond donors (Lipinski definition) is 0. The van der Waals surface area contributed by atoms with Crippen molar-refractivity contribution >= 4 is 40.4 Å². The summed E-state index contributed by atoms with van der Waals surface area (Å²) in [5.74, 6) is 0.849. The number of halogens is 2. The summed E-state index contributed by atoms with van der Waals surface area (Å²) in [6, 6.07) is 19.7. The minimum absolute atomic E-state index is 0.0623. The summed E-state index contributed by atoms with van der Waals surface area (Å²) in [6.07, 6.45) is 5.18. The Hall–Kier alpha value is -2.73. The molecule has 35 heavy (non-hydrogen) atoms. The number of hydrogen-bond acceptors (Lipinski definition) is 3. The zero-order valence-corrected chi connectivity index (χ0v) is 21.4. The third kappa shape index (κ3) is 4.16. The van der Waals surface area contributed by atoms with Crippen LogP contribution in [0.2, 0.25) is 10.0 Å². The molecule has 4 heterocycles. The summed E-state index contributed by atoms with van der Waals surface area (Å²) in [5, 5.41) is 3.40. The molecule has 2 aliphatic heterocycles. The van der Waals surface area contributed by atoms with E-state index in [9.17, 15) is 4.79 Å². The molecule has 7 heteroatoms. The first-order valence-electron chi connectivity index (χ1n) is 11.8. The van der Waals surface area contributed by atoms with Crippen LogP contribution in [-0.4, -0.2) is 28.5 Å². The molecule has 0 N–H and O–H groups in total. The predicted molar refractivity (Wildman–Crippen MR) is 141 cm³/mol. The second-order valence-corrected chi connectivity index (χ2v) is 11.0. The van der Waals surface area contributed by atoms with Crippen LogP contribution in [0, 0.1) is 0 Å². The van der Waals surface area contributed by atoms with Gasteiger partial charge in [-0.1, -0.05) is 29.3 Å². The predicted octanol–water partition coefficient (Wildman–Crippen LogP) is 7.15. The van der Waals surface area contributed by atoms with Crippen molar-refractivity contribution in [1.82, 2.24) is 9.47 Å². The van der Waals surface area contributed by atoms with Gasteiger partial charge in [-0.3, -0.25) is 4.79 Å². The first-order chi connectivity index (χ1) is 17.0. The van der Waals surface area contributed by atoms with E-state index in [-0.39, 0.29) is 5.91 Å². The molecule has 1 amide bonds. The van der Waals surface area contributed by atoms with E-state index >= 15 is 0 Å². The van der Waals surface area contributed by atoms with Crippen molar-refractivity contribution < 1.29 is 9.53 Å². The molecule has 0 aliphatic carbocycles. The van der Waals surface area contributed by atoms with Gasteiger partial charge in [0.25, 0.3) is 5.91 Å². The Morgan fingerprint density at radius 3 is 2.57 bits per heavy atom. The number of fused-ring (bicyclic) bond motifs is 4. The highest BCUT2D eigenvalue weighted by Gasteiger charge is 2.44. The van der Waals surface area contributed by atoms with Gasteiger partial charge in [-0.25, -0.2) is 0 Å². The number of piperidine rings is 1. The molecule has 178 valence electrons. The molecule has 6 rings (SSSR count). The second-order valence-electron chi connectivity index (χ2n) is 9.14. The summed E-state index contributed by atoms with van der Waals surface area (Å²) in [5.41, 5.74) is 3.40. The van der Waals surface area contributed by atoms with Crippen molar-refractivity contribution in [3.05, 3.63) is 104 Å². The molecule has 4 nitrogen and oxygen atoms in total. The van der Waals surface area contributed by atoms with Crippen LogP contribution < -0.4 is 4.74 Å². The van der Waals surface area contributed by atoms with Crippen molar-refractivity contribution in [3.63, 3.8) is 0 Å². The lowest BCUT2D eigenvalue weighted by Crippen LogP contribution is -2.50. The van der Waals surface area contributed by atoms with Gasteiger partial charge in [-0.05, 0) is 72.3 Å². The Morgan fingerprint density at radius 2 is 1.77 bits per heavy atom. The van der Waals surface area contributed by atoms with Gasteiger partial charge in [-0.2, -0.15) is 0 Å². The maximum absolute atomic E-state index is 13.6. The van der Waals surface area contributed by atoms with Gasteiger partial charge in [0.15, 0.2) is 5.60 Å². The van der Waals surface area contributed by atoms with Gasteiger partial charge in [0.05, 0.1) is 11.4 Å². The standard InChI is InChI=1S/C28H24Cl2N2O2S/c29-20-6-9-23(19(17-20)5-8-22-3-2-16-35-22)27(33)31-14-11-28(12-15-31)26-4-1-13-32(26)24-10-7-21(30)18-25(24)34-28/h1-4,6-7,9-10,13,16-18H,5,8,11-12,14-15H2. The van der Waals surface area contributed by atoms with Crippen LogP contribution in [-0.2, 0) is 18.4 Å². The third-order valence-corrected chi connectivity index (χ3v) is 8.49. The van der Waals surface area contributed by atoms with Crippen LogP contribution in [0.15, 0.2) is 72.2 Å². The molecule has 0 radical (unpaired) electrons. The highest BCUT2D eigenvalue weighted by Crippen LogP contribution is 2.46. The maximum atomic E-state index is 13.6. The molecule has 2 aromatic carbocycles. The molecule has 0 unspecified atom stereocenters. The van der Waals surface area contributed by atoms with Crippen LogP contribution in [0.25, 0.3) is 5.69 Å². The molecular weight excluding hydrogens is 499 g/mol. The number of nitrogens with zero attached hydrogens (tertiary/aromatic N) is 2.